The number of hydrogen-bond acceptors (Lipinski definition) is 2. The van der Waals surface area contributed by atoms with E-state index in [1.54, 1.807) is 6.07 Å². The molecule has 1 N–H and O–H groups in total. The lowest BCUT2D eigenvalue weighted by Crippen LogP contribution is -1.97. The third-order valence-electron chi connectivity index (χ3n) is 2.77. The fourth-order valence-corrected chi connectivity index (χ4v) is 2.05. The molecule has 0 saturated carbocycles. The number of aromatic hydroxyl groups is 1. The molecule has 3 nitrogen and oxygen atoms in total. The molecule has 0 saturated heterocycles. The lowest BCUT2D eigenvalue weighted by atomic mass is 10.1. The molecule has 0 aliphatic heterocycles. The van der Waals surface area contributed by atoms with Crippen molar-refractivity contribution in [1.82, 2.24) is 4.57 Å². The highest BCUT2D eigenvalue weighted by Gasteiger charge is 2.12. The summed E-state index contributed by atoms with van der Waals surface area (Å²) in [5, 5.41) is 10.6. The minimum absolute atomic E-state index is 0.244. The molecule has 0 unspecified atom stereocenters. The van der Waals surface area contributed by atoms with Crippen molar-refractivity contribution in [1.29, 1.82) is 0 Å². The molecule has 0 atom stereocenters. The van der Waals surface area contributed by atoms with Crippen LogP contribution >= 0.6 is 0 Å². The Balaban J connectivity index is 2.76. The molecule has 0 radical (unpaired) electrons. The monoisotopic (exact) mass is 217 g/mol. The van der Waals surface area contributed by atoms with Gasteiger partial charge in [-0.3, -0.25) is 0 Å². The van der Waals surface area contributed by atoms with E-state index >= 15 is 0 Å². The van der Waals surface area contributed by atoms with Crippen molar-refractivity contribution >= 4 is 17.2 Å². The molecule has 84 valence electrons. The zero-order valence-corrected chi connectivity index (χ0v) is 9.47. The molecule has 16 heavy (non-hydrogen) atoms. The highest BCUT2D eigenvalue weighted by atomic mass is 16.3. The van der Waals surface area contributed by atoms with Gasteiger partial charge in [-0.05, 0) is 31.5 Å². The molecule has 3 heteroatoms. The molecular formula is C13H15NO2. The standard InChI is InChI=1S/C13H15NO2/c1-9(2)14-8-10(6-7-15)13-11(14)4-3-5-12(13)16/h3-5,7-9,16H,6H2,1-2H3. The van der Waals surface area contributed by atoms with Gasteiger partial charge in [-0.2, -0.15) is 0 Å². The average Bonchev–Trinajstić information content (AvgIpc) is 2.59. The summed E-state index contributed by atoms with van der Waals surface area (Å²) >= 11 is 0. The second-order valence-corrected chi connectivity index (χ2v) is 4.20. The Labute approximate surface area is 94.3 Å². The Kier molecular flexibility index (Phi) is 2.69. The number of phenolic OH excluding ortho intramolecular Hbond substituents is 1. The van der Waals surface area contributed by atoms with Crippen molar-refractivity contribution < 1.29 is 9.90 Å². The number of nitrogens with zero attached hydrogens (tertiary/aromatic N) is 1. The van der Waals surface area contributed by atoms with Gasteiger partial charge in [0.05, 0.1) is 5.52 Å². The van der Waals surface area contributed by atoms with Crippen molar-refractivity contribution in [3.8, 4) is 5.75 Å². The maximum absolute atomic E-state index is 10.6. The summed E-state index contributed by atoms with van der Waals surface area (Å²) < 4.78 is 2.08. The Morgan fingerprint density at radius 2 is 2.19 bits per heavy atom. The summed E-state index contributed by atoms with van der Waals surface area (Å²) in [7, 11) is 0. The van der Waals surface area contributed by atoms with Crippen molar-refractivity contribution in [2.75, 3.05) is 0 Å². The average molecular weight is 217 g/mol. The molecule has 0 fully saturated rings. The molecule has 1 aromatic heterocycles. The van der Waals surface area contributed by atoms with Crippen LogP contribution in [0.4, 0.5) is 0 Å². The van der Waals surface area contributed by atoms with Crippen LogP contribution in [-0.4, -0.2) is 16.0 Å². The molecule has 1 aromatic carbocycles. The maximum Gasteiger partial charge on any atom is 0.125 e. The van der Waals surface area contributed by atoms with Crippen LogP contribution in [-0.2, 0) is 11.2 Å². The highest BCUT2D eigenvalue weighted by molar-refractivity contribution is 5.91. The number of phenols is 1. The number of benzene rings is 1. The third kappa shape index (κ3) is 1.58. The molecule has 0 spiro atoms. The fraction of sp³-hybridized carbons (Fsp3) is 0.308. The Hall–Kier alpha value is -1.77. The fourth-order valence-electron chi connectivity index (χ4n) is 2.05. The molecule has 2 rings (SSSR count). The summed E-state index contributed by atoms with van der Waals surface area (Å²) in [6, 6.07) is 5.75. The topological polar surface area (TPSA) is 42.2 Å². The number of carbonyl (C=O) groups is 1. The smallest absolute Gasteiger partial charge is 0.125 e. The first kappa shape index (κ1) is 10.7. The van der Waals surface area contributed by atoms with Crippen LogP contribution < -0.4 is 0 Å². The summed E-state index contributed by atoms with van der Waals surface area (Å²) in [6.07, 6.45) is 3.16. The number of aldehydes is 1. The maximum atomic E-state index is 10.6. The third-order valence-corrected chi connectivity index (χ3v) is 2.77. The second kappa shape index (κ2) is 4.00. The minimum atomic E-state index is 0.244. The Morgan fingerprint density at radius 1 is 1.44 bits per heavy atom. The van der Waals surface area contributed by atoms with Gasteiger partial charge in [-0.25, -0.2) is 0 Å². The van der Waals surface area contributed by atoms with Crippen LogP contribution in [0.15, 0.2) is 24.4 Å². The van der Waals surface area contributed by atoms with Crippen molar-refractivity contribution in [2.24, 2.45) is 0 Å². The first-order valence-corrected chi connectivity index (χ1v) is 5.40. The van der Waals surface area contributed by atoms with E-state index in [1.165, 1.54) is 0 Å². The molecule has 2 aromatic rings. The summed E-state index contributed by atoms with van der Waals surface area (Å²) in [4.78, 5) is 10.6. The van der Waals surface area contributed by atoms with E-state index in [0.29, 0.717) is 12.5 Å². The molecule has 0 aliphatic rings. The molecule has 1 heterocycles. The highest BCUT2D eigenvalue weighted by Crippen LogP contribution is 2.31. The van der Waals surface area contributed by atoms with Crippen LogP contribution in [0, 0.1) is 0 Å². The van der Waals surface area contributed by atoms with Crippen LogP contribution in [0.5, 0.6) is 5.75 Å². The molecule has 0 aliphatic carbocycles. The van der Waals surface area contributed by atoms with Crippen LogP contribution in [0.2, 0.25) is 0 Å². The van der Waals surface area contributed by atoms with E-state index in [9.17, 15) is 9.90 Å². The van der Waals surface area contributed by atoms with E-state index in [4.69, 9.17) is 0 Å². The van der Waals surface area contributed by atoms with Gasteiger partial charge in [0, 0.05) is 24.0 Å². The SMILES string of the molecule is CC(C)n1cc(CC=O)c2c(O)cccc21. The lowest BCUT2D eigenvalue weighted by molar-refractivity contribution is -0.107. The summed E-state index contributed by atoms with van der Waals surface area (Å²) in [6.45, 7) is 4.16. The van der Waals surface area contributed by atoms with E-state index in [2.05, 4.69) is 18.4 Å². The van der Waals surface area contributed by atoms with Crippen molar-refractivity contribution in [2.45, 2.75) is 26.3 Å². The van der Waals surface area contributed by atoms with Gasteiger partial charge in [-0.15, -0.1) is 0 Å². The van der Waals surface area contributed by atoms with Gasteiger partial charge in [0.2, 0.25) is 0 Å². The van der Waals surface area contributed by atoms with Gasteiger partial charge in [0.15, 0.2) is 0 Å². The van der Waals surface area contributed by atoms with Gasteiger partial charge < -0.3 is 14.5 Å². The van der Waals surface area contributed by atoms with E-state index in [1.807, 2.05) is 18.3 Å². The zero-order valence-electron chi connectivity index (χ0n) is 9.47. The quantitative estimate of drug-likeness (QED) is 0.803. The summed E-state index contributed by atoms with van der Waals surface area (Å²) in [5.74, 6) is 0.244. The predicted molar refractivity (Wildman–Crippen MR) is 63.8 cm³/mol. The van der Waals surface area contributed by atoms with Gasteiger partial charge >= 0.3 is 0 Å². The van der Waals surface area contributed by atoms with E-state index in [-0.39, 0.29) is 5.75 Å². The number of fused-ring (bicyclic) bond motifs is 1. The molecule has 0 amide bonds. The first-order valence-electron chi connectivity index (χ1n) is 5.40. The van der Waals surface area contributed by atoms with Crippen LogP contribution in [0.1, 0.15) is 25.5 Å². The number of hydrogen-bond donors (Lipinski definition) is 1. The molecule has 0 bridgehead atoms. The van der Waals surface area contributed by atoms with Gasteiger partial charge in [-0.1, -0.05) is 6.07 Å². The lowest BCUT2D eigenvalue weighted by Gasteiger charge is -2.08. The number of aromatic nitrogens is 1. The largest absolute Gasteiger partial charge is 0.507 e. The van der Waals surface area contributed by atoms with Crippen molar-refractivity contribution in [3.63, 3.8) is 0 Å². The minimum Gasteiger partial charge on any atom is -0.507 e. The molecular weight excluding hydrogens is 202 g/mol. The number of carbonyl (C=O) groups excluding carboxylic acids is 1. The first-order chi connectivity index (χ1) is 7.65. The van der Waals surface area contributed by atoms with Crippen LogP contribution in [0.3, 0.4) is 0 Å². The van der Waals surface area contributed by atoms with Gasteiger partial charge in [0.1, 0.15) is 12.0 Å². The predicted octanol–water partition coefficient (Wildman–Crippen LogP) is 2.67. The second-order valence-electron chi connectivity index (χ2n) is 4.20. The van der Waals surface area contributed by atoms with Gasteiger partial charge in [0.25, 0.3) is 0 Å². The van der Waals surface area contributed by atoms with E-state index < -0.39 is 0 Å². The summed E-state index contributed by atoms with van der Waals surface area (Å²) in [5.41, 5.74) is 1.86. The normalized spacial score (nSPS) is 11.2. The van der Waals surface area contributed by atoms with E-state index in [0.717, 1.165) is 22.8 Å². The number of rotatable bonds is 3. The van der Waals surface area contributed by atoms with Crippen LogP contribution in [0.25, 0.3) is 10.9 Å². The Morgan fingerprint density at radius 3 is 2.81 bits per heavy atom. The zero-order chi connectivity index (χ0) is 11.7. The van der Waals surface area contributed by atoms with Crippen molar-refractivity contribution in [3.05, 3.63) is 30.0 Å². The Bertz CT molecular complexity index is 526.